The lowest BCUT2D eigenvalue weighted by atomic mass is 10.2. The fourth-order valence-corrected chi connectivity index (χ4v) is 2.51. The van der Waals surface area contributed by atoms with Gasteiger partial charge in [0.05, 0.1) is 17.9 Å². The van der Waals surface area contributed by atoms with Crippen LogP contribution in [0, 0.1) is 0 Å². The van der Waals surface area contributed by atoms with E-state index in [-0.39, 0.29) is 23.6 Å². The number of urea groups is 1. The highest BCUT2D eigenvalue weighted by molar-refractivity contribution is 5.91. The molecule has 1 aromatic heterocycles. The van der Waals surface area contributed by atoms with E-state index in [1.165, 1.54) is 12.1 Å². The number of anilines is 1. The van der Waals surface area contributed by atoms with Crippen molar-refractivity contribution in [2.75, 3.05) is 18.5 Å². The molecule has 2 N–H and O–H groups in total. The lowest BCUT2D eigenvalue weighted by molar-refractivity contribution is -0.137. The first kappa shape index (κ1) is 21.3. The normalized spacial score (nSPS) is 11.1. The molecule has 1 aromatic carbocycles. The number of rotatable bonds is 8. The maximum Gasteiger partial charge on any atom is 0.416 e. The zero-order valence-electron chi connectivity index (χ0n) is 15.4. The average molecular weight is 397 g/mol. The van der Waals surface area contributed by atoms with Crippen LogP contribution < -0.4 is 20.9 Å². The number of hydrogen-bond donors (Lipinski definition) is 2. The first-order valence-electron chi connectivity index (χ1n) is 8.85. The van der Waals surface area contributed by atoms with Crippen LogP contribution in [0.2, 0.25) is 0 Å². The fourth-order valence-electron chi connectivity index (χ4n) is 2.51. The van der Waals surface area contributed by atoms with Gasteiger partial charge < -0.3 is 19.9 Å². The summed E-state index contributed by atoms with van der Waals surface area (Å²) >= 11 is 0. The van der Waals surface area contributed by atoms with Crippen LogP contribution >= 0.6 is 0 Å². The van der Waals surface area contributed by atoms with Gasteiger partial charge in [0, 0.05) is 25.4 Å². The molecule has 0 spiro atoms. The number of ether oxygens (including phenoxy) is 1. The van der Waals surface area contributed by atoms with Gasteiger partial charge in [0.1, 0.15) is 5.75 Å². The number of pyridine rings is 1. The third kappa shape index (κ3) is 6.33. The van der Waals surface area contributed by atoms with Crippen molar-refractivity contribution in [2.45, 2.75) is 32.5 Å². The van der Waals surface area contributed by atoms with Crippen LogP contribution in [0.4, 0.5) is 23.7 Å². The molecule has 0 aliphatic carbocycles. The summed E-state index contributed by atoms with van der Waals surface area (Å²) in [6.45, 7) is 2.78. The lowest BCUT2D eigenvalue weighted by Gasteiger charge is -2.15. The molecule has 0 fully saturated rings. The average Bonchev–Trinajstić information content (AvgIpc) is 2.63. The molecule has 0 aliphatic rings. The molecule has 0 radical (unpaired) electrons. The molecular formula is C19H22F3N3O3. The Morgan fingerprint density at radius 2 is 1.96 bits per heavy atom. The molecule has 2 rings (SSSR count). The van der Waals surface area contributed by atoms with Gasteiger partial charge in [-0.25, -0.2) is 4.79 Å². The Bertz CT molecular complexity index is 850. The van der Waals surface area contributed by atoms with Crippen molar-refractivity contribution < 1.29 is 22.7 Å². The van der Waals surface area contributed by atoms with E-state index in [9.17, 15) is 22.8 Å². The number of halogens is 3. The van der Waals surface area contributed by atoms with E-state index in [1.54, 1.807) is 29.8 Å². The zero-order chi connectivity index (χ0) is 20.6. The van der Waals surface area contributed by atoms with Gasteiger partial charge in [-0.15, -0.1) is 0 Å². The highest BCUT2D eigenvalue weighted by Gasteiger charge is 2.31. The van der Waals surface area contributed by atoms with Crippen LogP contribution in [0.5, 0.6) is 5.75 Å². The van der Waals surface area contributed by atoms with Crippen LogP contribution in [0.3, 0.4) is 0 Å². The SMILES string of the molecule is CCOc1ccc(C(F)(F)F)cc1NC(=O)NCCCCn1ccccc1=O. The summed E-state index contributed by atoms with van der Waals surface area (Å²) in [6.07, 6.45) is -1.56. The van der Waals surface area contributed by atoms with Crippen molar-refractivity contribution in [1.82, 2.24) is 9.88 Å². The van der Waals surface area contributed by atoms with Crippen molar-refractivity contribution in [2.24, 2.45) is 0 Å². The van der Waals surface area contributed by atoms with E-state index in [4.69, 9.17) is 4.74 Å². The molecule has 2 aromatic rings. The van der Waals surface area contributed by atoms with Crippen LogP contribution in [0.25, 0.3) is 0 Å². The lowest BCUT2D eigenvalue weighted by Crippen LogP contribution is -2.30. The Morgan fingerprint density at radius 1 is 1.18 bits per heavy atom. The summed E-state index contributed by atoms with van der Waals surface area (Å²) in [6, 6.07) is 7.19. The third-order valence-electron chi connectivity index (χ3n) is 3.87. The van der Waals surface area contributed by atoms with Gasteiger partial charge in [0.15, 0.2) is 0 Å². The van der Waals surface area contributed by atoms with Gasteiger partial charge in [0.25, 0.3) is 0 Å². The van der Waals surface area contributed by atoms with Crippen molar-refractivity contribution >= 4 is 11.7 Å². The van der Waals surface area contributed by atoms with Gasteiger partial charge in [0.2, 0.25) is 5.56 Å². The van der Waals surface area contributed by atoms with E-state index >= 15 is 0 Å². The number of nitrogens with zero attached hydrogens (tertiary/aromatic N) is 1. The maximum absolute atomic E-state index is 12.9. The van der Waals surface area contributed by atoms with E-state index in [0.29, 0.717) is 25.9 Å². The first-order valence-corrected chi connectivity index (χ1v) is 8.85. The monoisotopic (exact) mass is 397 g/mol. The number of unbranched alkanes of at least 4 members (excludes halogenated alkanes) is 1. The van der Waals surface area contributed by atoms with Crippen LogP contribution in [-0.4, -0.2) is 23.7 Å². The molecule has 28 heavy (non-hydrogen) atoms. The number of amides is 2. The number of carbonyl (C=O) groups excluding carboxylic acids is 1. The first-order chi connectivity index (χ1) is 13.3. The number of alkyl halides is 3. The van der Waals surface area contributed by atoms with Crippen molar-refractivity contribution in [3.05, 3.63) is 58.5 Å². The Kier molecular flexibility index (Phi) is 7.48. The molecule has 9 heteroatoms. The molecule has 6 nitrogen and oxygen atoms in total. The summed E-state index contributed by atoms with van der Waals surface area (Å²) in [5.74, 6) is 0.161. The molecule has 2 amide bonds. The minimum absolute atomic E-state index is 0.0509. The smallest absolute Gasteiger partial charge is 0.416 e. The number of carbonyl (C=O) groups is 1. The predicted octanol–water partition coefficient (Wildman–Crippen LogP) is 3.87. The second-order valence-electron chi connectivity index (χ2n) is 5.96. The van der Waals surface area contributed by atoms with E-state index in [2.05, 4.69) is 10.6 Å². The summed E-state index contributed by atoms with van der Waals surface area (Å²) in [5.41, 5.74) is -1.02. The maximum atomic E-state index is 12.9. The number of nitrogens with one attached hydrogen (secondary N) is 2. The third-order valence-corrected chi connectivity index (χ3v) is 3.87. The topological polar surface area (TPSA) is 72.4 Å². The Labute approximate surface area is 160 Å². The minimum Gasteiger partial charge on any atom is -0.492 e. The Hall–Kier alpha value is -2.97. The van der Waals surface area contributed by atoms with E-state index in [0.717, 1.165) is 12.1 Å². The molecule has 0 atom stereocenters. The largest absolute Gasteiger partial charge is 0.492 e. The quantitative estimate of drug-likeness (QED) is 0.665. The molecule has 0 saturated carbocycles. The summed E-state index contributed by atoms with van der Waals surface area (Å²) in [5, 5.41) is 4.98. The van der Waals surface area contributed by atoms with Gasteiger partial charge in [-0.1, -0.05) is 6.07 Å². The van der Waals surface area contributed by atoms with Gasteiger partial charge in [-0.05, 0) is 44.0 Å². The van der Waals surface area contributed by atoms with Gasteiger partial charge >= 0.3 is 12.2 Å². The van der Waals surface area contributed by atoms with Crippen LogP contribution in [-0.2, 0) is 12.7 Å². The van der Waals surface area contributed by atoms with Crippen molar-refractivity contribution in [1.29, 1.82) is 0 Å². The Balaban J connectivity index is 1.86. The van der Waals surface area contributed by atoms with Crippen molar-refractivity contribution in [3.63, 3.8) is 0 Å². The molecule has 0 aliphatic heterocycles. The summed E-state index contributed by atoms with van der Waals surface area (Å²) in [4.78, 5) is 23.6. The van der Waals surface area contributed by atoms with Crippen LogP contribution in [0.1, 0.15) is 25.3 Å². The minimum atomic E-state index is -4.52. The second kappa shape index (κ2) is 9.82. The standard InChI is InChI=1S/C19H22F3N3O3/c1-2-28-16-9-8-14(19(20,21)22)13-15(16)24-18(27)23-10-4-6-12-25-11-5-3-7-17(25)26/h3,5,7-9,11,13H,2,4,6,10,12H2,1H3,(H2,23,24,27). The molecule has 1 heterocycles. The molecule has 0 unspecified atom stereocenters. The number of aromatic nitrogens is 1. The van der Waals surface area contributed by atoms with E-state index in [1.807, 2.05) is 0 Å². The summed E-state index contributed by atoms with van der Waals surface area (Å²) in [7, 11) is 0. The number of hydrogen-bond acceptors (Lipinski definition) is 3. The molecule has 0 bridgehead atoms. The zero-order valence-corrected chi connectivity index (χ0v) is 15.4. The summed E-state index contributed by atoms with van der Waals surface area (Å²) < 4.78 is 45.5. The molecular weight excluding hydrogens is 375 g/mol. The van der Waals surface area contributed by atoms with Crippen LogP contribution in [0.15, 0.2) is 47.4 Å². The van der Waals surface area contributed by atoms with E-state index < -0.39 is 17.8 Å². The second-order valence-corrected chi connectivity index (χ2v) is 5.96. The van der Waals surface area contributed by atoms with Crippen molar-refractivity contribution in [3.8, 4) is 5.75 Å². The predicted molar refractivity (Wildman–Crippen MR) is 99.6 cm³/mol. The number of benzene rings is 1. The Morgan fingerprint density at radius 3 is 2.64 bits per heavy atom. The van der Waals surface area contributed by atoms with Gasteiger partial charge in [-0.3, -0.25) is 4.79 Å². The fraction of sp³-hybridized carbons (Fsp3) is 0.368. The molecule has 152 valence electrons. The highest BCUT2D eigenvalue weighted by atomic mass is 19.4. The van der Waals surface area contributed by atoms with Gasteiger partial charge in [-0.2, -0.15) is 13.2 Å². The molecule has 0 saturated heterocycles. The number of aryl methyl sites for hydroxylation is 1. The highest BCUT2D eigenvalue weighted by Crippen LogP contribution is 2.35.